The molecule has 0 amide bonds. The number of nitrogens with zero attached hydrogens (tertiary/aromatic N) is 4. The molecule has 1 aromatic heterocycles. The molecule has 0 bridgehead atoms. The quantitative estimate of drug-likeness (QED) is 0.757. The molecule has 0 saturated heterocycles. The van der Waals surface area contributed by atoms with Crippen LogP contribution in [0.15, 0.2) is 29.4 Å². The number of rotatable bonds is 4. The van der Waals surface area contributed by atoms with Gasteiger partial charge in [-0.1, -0.05) is 23.9 Å². The van der Waals surface area contributed by atoms with Gasteiger partial charge in [0.05, 0.1) is 6.61 Å². The first-order valence-electron chi connectivity index (χ1n) is 4.91. The van der Waals surface area contributed by atoms with Crippen LogP contribution in [0.5, 0.6) is 5.75 Å². The SMILES string of the molecule is CCOc1ccccc1-n1nnnc1SC. The molecule has 0 atom stereocenters. The van der Waals surface area contributed by atoms with E-state index in [0.717, 1.165) is 16.6 Å². The number of aromatic nitrogens is 4. The van der Waals surface area contributed by atoms with Crippen molar-refractivity contribution in [3.05, 3.63) is 24.3 Å². The minimum absolute atomic E-state index is 0.619. The summed E-state index contributed by atoms with van der Waals surface area (Å²) in [6.45, 7) is 2.57. The van der Waals surface area contributed by atoms with Crippen molar-refractivity contribution in [2.45, 2.75) is 12.1 Å². The summed E-state index contributed by atoms with van der Waals surface area (Å²) in [4.78, 5) is 0. The van der Waals surface area contributed by atoms with Gasteiger partial charge < -0.3 is 4.74 Å². The fourth-order valence-corrected chi connectivity index (χ4v) is 1.79. The van der Waals surface area contributed by atoms with Gasteiger partial charge in [0, 0.05) is 0 Å². The van der Waals surface area contributed by atoms with Crippen molar-refractivity contribution in [1.29, 1.82) is 0 Å². The molecular formula is C10H12N4OS. The van der Waals surface area contributed by atoms with Crippen molar-refractivity contribution in [1.82, 2.24) is 20.2 Å². The third-order valence-corrected chi connectivity index (χ3v) is 2.64. The zero-order valence-electron chi connectivity index (χ0n) is 9.12. The average Bonchev–Trinajstić information content (AvgIpc) is 2.78. The van der Waals surface area contributed by atoms with Crippen LogP contribution in [-0.4, -0.2) is 33.1 Å². The number of hydrogen-bond acceptors (Lipinski definition) is 5. The minimum Gasteiger partial charge on any atom is -0.492 e. The standard InChI is InChI=1S/C10H12N4OS/c1-3-15-9-7-5-4-6-8(9)14-10(16-2)11-12-13-14/h4-7H,3H2,1-2H3. The number of hydrogen-bond donors (Lipinski definition) is 0. The third-order valence-electron chi connectivity index (χ3n) is 2.02. The number of benzene rings is 1. The van der Waals surface area contributed by atoms with Crippen LogP contribution in [0, 0.1) is 0 Å². The normalized spacial score (nSPS) is 10.4. The maximum Gasteiger partial charge on any atom is 0.213 e. The lowest BCUT2D eigenvalue weighted by Gasteiger charge is -2.09. The zero-order chi connectivity index (χ0) is 11.4. The van der Waals surface area contributed by atoms with E-state index >= 15 is 0 Å². The summed E-state index contributed by atoms with van der Waals surface area (Å²) in [6, 6.07) is 7.70. The maximum absolute atomic E-state index is 5.53. The van der Waals surface area contributed by atoms with Gasteiger partial charge in [-0.2, -0.15) is 4.68 Å². The highest BCUT2D eigenvalue weighted by Crippen LogP contribution is 2.24. The molecule has 0 N–H and O–H groups in total. The van der Waals surface area contributed by atoms with Crippen LogP contribution < -0.4 is 4.74 Å². The minimum atomic E-state index is 0.619. The molecule has 16 heavy (non-hydrogen) atoms. The highest BCUT2D eigenvalue weighted by atomic mass is 32.2. The molecule has 84 valence electrons. The molecule has 0 radical (unpaired) electrons. The van der Waals surface area contributed by atoms with E-state index in [2.05, 4.69) is 15.5 Å². The van der Waals surface area contributed by atoms with Gasteiger partial charge in [-0.15, -0.1) is 5.10 Å². The number of ether oxygens (including phenoxy) is 1. The summed E-state index contributed by atoms with van der Waals surface area (Å²) >= 11 is 1.50. The molecule has 0 aliphatic carbocycles. The fourth-order valence-electron chi connectivity index (χ4n) is 1.37. The highest BCUT2D eigenvalue weighted by Gasteiger charge is 2.11. The number of tetrazole rings is 1. The first-order valence-corrected chi connectivity index (χ1v) is 6.14. The lowest BCUT2D eigenvalue weighted by atomic mass is 10.3. The second-order valence-electron chi connectivity index (χ2n) is 2.98. The Labute approximate surface area is 97.8 Å². The summed E-state index contributed by atoms with van der Waals surface area (Å²) in [5, 5.41) is 12.3. The first kappa shape index (κ1) is 10.9. The topological polar surface area (TPSA) is 52.8 Å². The van der Waals surface area contributed by atoms with Gasteiger partial charge in [0.25, 0.3) is 0 Å². The van der Waals surface area contributed by atoms with Crippen LogP contribution in [0.1, 0.15) is 6.92 Å². The Hall–Kier alpha value is -1.56. The Morgan fingerprint density at radius 3 is 2.94 bits per heavy atom. The second kappa shape index (κ2) is 4.98. The summed E-state index contributed by atoms with van der Waals surface area (Å²) in [5.41, 5.74) is 0.860. The molecule has 0 unspecified atom stereocenters. The van der Waals surface area contributed by atoms with Gasteiger partial charge in [-0.25, -0.2) is 0 Å². The van der Waals surface area contributed by atoms with Crippen LogP contribution in [0.3, 0.4) is 0 Å². The Kier molecular flexibility index (Phi) is 3.40. The van der Waals surface area contributed by atoms with E-state index in [1.54, 1.807) is 4.68 Å². The van der Waals surface area contributed by atoms with E-state index in [1.807, 2.05) is 37.4 Å². The largest absolute Gasteiger partial charge is 0.492 e. The van der Waals surface area contributed by atoms with Crippen molar-refractivity contribution < 1.29 is 4.74 Å². The van der Waals surface area contributed by atoms with Crippen LogP contribution in [0.2, 0.25) is 0 Å². The smallest absolute Gasteiger partial charge is 0.213 e. The molecule has 1 heterocycles. The molecule has 1 aromatic carbocycles. The van der Waals surface area contributed by atoms with E-state index in [1.165, 1.54) is 11.8 Å². The van der Waals surface area contributed by atoms with E-state index in [-0.39, 0.29) is 0 Å². The third kappa shape index (κ3) is 2.01. The Morgan fingerprint density at radius 1 is 1.38 bits per heavy atom. The molecule has 0 aliphatic heterocycles. The fraction of sp³-hybridized carbons (Fsp3) is 0.300. The number of thioether (sulfide) groups is 1. The lowest BCUT2D eigenvalue weighted by molar-refractivity contribution is 0.337. The molecule has 0 fully saturated rings. The predicted molar refractivity (Wildman–Crippen MR) is 62.1 cm³/mol. The molecule has 2 rings (SSSR count). The van der Waals surface area contributed by atoms with Crippen molar-refractivity contribution in [2.75, 3.05) is 12.9 Å². The van der Waals surface area contributed by atoms with Crippen molar-refractivity contribution >= 4 is 11.8 Å². The van der Waals surface area contributed by atoms with Gasteiger partial charge in [0.15, 0.2) is 0 Å². The molecule has 0 spiro atoms. The second-order valence-corrected chi connectivity index (χ2v) is 3.75. The summed E-state index contributed by atoms with van der Waals surface area (Å²) in [7, 11) is 0. The summed E-state index contributed by atoms with van der Waals surface area (Å²) in [5.74, 6) is 0.785. The highest BCUT2D eigenvalue weighted by molar-refractivity contribution is 7.98. The zero-order valence-corrected chi connectivity index (χ0v) is 9.94. The van der Waals surface area contributed by atoms with E-state index < -0.39 is 0 Å². The van der Waals surface area contributed by atoms with Crippen LogP contribution >= 0.6 is 11.8 Å². The summed E-state index contributed by atoms with van der Waals surface area (Å²) < 4.78 is 7.21. The van der Waals surface area contributed by atoms with Gasteiger partial charge in [-0.3, -0.25) is 0 Å². The van der Waals surface area contributed by atoms with Crippen LogP contribution in [0.25, 0.3) is 5.69 Å². The van der Waals surface area contributed by atoms with Gasteiger partial charge >= 0.3 is 0 Å². The average molecular weight is 236 g/mol. The predicted octanol–water partition coefficient (Wildman–Crippen LogP) is 1.78. The van der Waals surface area contributed by atoms with Gasteiger partial charge in [-0.05, 0) is 35.7 Å². The van der Waals surface area contributed by atoms with Crippen molar-refractivity contribution in [3.8, 4) is 11.4 Å². The Morgan fingerprint density at radius 2 is 2.19 bits per heavy atom. The summed E-state index contributed by atoms with van der Waals surface area (Å²) in [6.07, 6.45) is 1.94. The molecule has 2 aromatic rings. The van der Waals surface area contributed by atoms with E-state index in [4.69, 9.17) is 4.74 Å². The van der Waals surface area contributed by atoms with Gasteiger partial charge in [0.2, 0.25) is 5.16 Å². The molecule has 0 aliphatic rings. The van der Waals surface area contributed by atoms with E-state index in [9.17, 15) is 0 Å². The van der Waals surface area contributed by atoms with Gasteiger partial charge in [0.1, 0.15) is 11.4 Å². The molecular weight excluding hydrogens is 224 g/mol. The molecule has 5 nitrogen and oxygen atoms in total. The molecule has 6 heteroatoms. The first-order chi connectivity index (χ1) is 7.86. The Bertz CT molecular complexity index is 471. The monoisotopic (exact) mass is 236 g/mol. The lowest BCUT2D eigenvalue weighted by Crippen LogP contribution is -2.03. The van der Waals surface area contributed by atoms with Crippen LogP contribution in [0.4, 0.5) is 0 Å². The maximum atomic E-state index is 5.53. The molecule has 0 saturated carbocycles. The Balaban J connectivity index is 2.46. The number of para-hydroxylation sites is 2. The van der Waals surface area contributed by atoms with Crippen molar-refractivity contribution in [3.63, 3.8) is 0 Å². The van der Waals surface area contributed by atoms with Crippen LogP contribution in [-0.2, 0) is 0 Å². The van der Waals surface area contributed by atoms with Crippen molar-refractivity contribution in [2.24, 2.45) is 0 Å². The van der Waals surface area contributed by atoms with E-state index in [0.29, 0.717) is 6.61 Å².